The van der Waals surface area contributed by atoms with Crippen molar-refractivity contribution in [2.75, 3.05) is 4.90 Å². The summed E-state index contributed by atoms with van der Waals surface area (Å²) >= 11 is 0. The highest BCUT2D eigenvalue weighted by Crippen LogP contribution is 2.46. The number of nitrogens with zero attached hydrogens (tertiary/aromatic N) is 1. The lowest BCUT2D eigenvalue weighted by molar-refractivity contribution is 0.669. The van der Waals surface area contributed by atoms with Gasteiger partial charge in [0.2, 0.25) is 0 Å². The molecule has 0 fully saturated rings. The molecule has 46 heavy (non-hydrogen) atoms. The summed E-state index contributed by atoms with van der Waals surface area (Å²) < 4.78 is 6.63. The van der Waals surface area contributed by atoms with Crippen LogP contribution in [0.4, 0.5) is 17.1 Å². The molecule has 0 aliphatic heterocycles. The Hall–Kier alpha value is -6.12. The van der Waals surface area contributed by atoms with Crippen molar-refractivity contribution in [2.24, 2.45) is 0 Å². The maximum absolute atomic E-state index is 6.63. The summed E-state index contributed by atoms with van der Waals surface area (Å²) in [6, 6.07) is 62.8. The van der Waals surface area contributed by atoms with Crippen molar-refractivity contribution in [3.63, 3.8) is 0 Å². The molecular formula is C44H29NO. The van der Waals surface area contributed by atoms with E-state index in [0.717, 1.165) is 50.1 Å². The van der Waals surface area contributed by atoms with Crippen LogP contribution in [0.3, 0.4) is 0 Å². The Bertz CT molecular complexity index is 2510. The third kappa shape index (κ3) is 4.51. The van der Waals surface area contributed by atoms with Crippen LogP contribution < -0.4 is 4.90 Å². The van der Waals surface area contributed by atoms with Gasteiger partial charge in [-0.15, -0.1) is 0 Å². The monoisotopic (exact) mass is 587 g/mol. The van der Waals surface area contributed by atoms with Gasteiger partial charge in [-0.05, 0) is 80.7 Å². The number of hydrogen-bond acceptors (Lipinski definition) is 2. The van der Waals surface area contributed by atoms with E-state index in [9.17, 15) is 0 Å². The molecule has 0 N–H and O–H groups in total. The van der Waals surface area contributed by atoms with E-state index in [1.54, 1.807) is 0 Å². The Balaban J connectivity index is 1.32. The lowest BCUT2D eigenvalue weighted by Crippen LogP contribution is -2.11. The fourth-order valence-electron chi connectivity index (χ4n) is 6.71. The van der Waals surface area contributed by atoms with Crippen molar-refractivity contribution < 1.29 is 4.42 Å². The first-order valence-electron chi connectivity index (χ1n) is 15.7. The van der Waals surface area contributed by atoms with Crippen molar-refractivity contribution in [1.29, 1.82) is 0 Å². The first-order valence-corrected chi connectivity index (χ1v) is 15.7. The molecular weight excluding hydrogens is 558 g/mol. The molecule has 0 atom stereocenters. The summed E-state index contributed by atoms with van der Waals surface area (Å²) in [6.07, 6.45) is 0. The number of anilines is 3. The Morgan fingerprint density at radius 3 is 1.59 bits per heavy atom. The molecule has 1 heterocycles. The number of benzene rings is 8. The summed E-state index contributed by atoms with van der Waals surface area (Å²) in [4.78, 5) is 2.37. The van der Waals surface area contributed by atoms with Crippen molar-refractivity contribution >= 4 is 60.5 Å². The highest BCUT2D eigenvalue weighted by molar-refractivity contribution is 6.13. The molecule has 0 spiro atoms. The van der Waals surface area contributed by atoms with Gasteiger partial charge >= 0.3 is 0 Å². The smallest absolute Gasteiger partial charge is 0.137 e. The third-order valence-electron chi connectivity index (χ3n) is 9.01. The quantitative estimate of drug-likeness (QED) is 0.199. The molecule has 0 radical (unpaired) electrons. The van der Waals surface area contributed by atoms with Crippen molar-refractivity contribution in [3.8, 4) is 22.3 Å². The van der Waals surface area contributed by atoms with Gasteiger partial charge in [-0.1, -0.05) is 127 Å². The average molecular weight is 588 g/mol. The molecule has 0 amide bonds. The van der Waals surface area contributed by atoms with E-state index in [1.807, 2.05) is 0 Å². The minimum Gasteiger partial charge on any atom is -0.456 e. The molecule has 0 saturated heterocycles. The zero-order valence-corrected chi connectivity index (χ0v) is 25.1. The standard InChI is InChI=1S/C44H29NO/c1-3-11-30(12-4-1)32-19-22-37(23-20-32)45(38-24-21-31-13-7-8-16-34(31)25-38)42-29-44-41(28-39(42)33-14-5-2-6-15-33)40-26-35-17-9-10-18-36(35)27-43(40)46-44/h1-29H. The van der Waals surface area contributed by atoms with E-state index in [4.69, 9.17) is 4.42 Å². The summed E-state index contributed by atoms with van der Waals surface area (Å²) in [6.45, 7) is 0. The fourth-order valence-corrected chi connectivity index (χ4v) is 6.71. The SMILES string of the molecule is c1ccc(-c2ccc(N(c3ccc4ccccc4c3)c3cc4oc5cc6ccccc6cc5c4cc3-c3ccccc3)cc2)cc1. The summed E-state index contributed by atoms with van der Waals surface area (Å²) in [7, 11) is 0. The minimum atomic E-state index is 0.867. The molecule has 9 rings (SSSR count). The Labute approximate surface area is 267 Å². The third-order valence-corrected chi connectivity index (χ3v) is 9.01. The van der Waals surface area contributed by atoms with Crippen LogP contribution in [-0.4, -0.2) is 0 Å². The second-order valence-corrected chi connectivity index (χ2v) is 11.8. The lowest BCUT2D eigenvalue weighted by atomic mass is 9.97. The second kappa shape index (κ2) is 10.8. The van der Waals surface area contributed by atoms with Crippen LogP contribution in [0.15, 0.2) is 180 Å². The number of fused-ring (bicyclic) bond motifs is 5. The van der Waals surface area contributed by atoms with Crippen LogP contribution in [-0.2, 0) is 0 Å². The van der Waals surface area contributed by atoms with Crippen LogP contribution in [0.5, 0.6) is 0 Å². The molecule has 2 nitrogen and oxygen atoms in total. The van der Waals surface area contributed by atoms with Crippen LogP contribution in [0, 0.1) is 0 Å². The highest BCUT2D eigenvalue weighted by atomic mass is 16.3. The Morgan fingerprint density at radius 2 is 0.870 bits per heavy atom. The first-order chi connectivity index (χ1) is 22.8. The normalized spacial score (nSPS) is 11.5. The van der Waals surface area contributed by atoms with Gasteiger partial charge in [-0.2, -0.15) is 0 Å². The van der Waals surface area contributed by atoms with Crippen molar-refractivity contribution in [3.05, 3.63) is 176 Å². The fraction of sp³-hybridized carbons (Fsp3) is 0. The van der Waals surface area contributed by atoms with Gasteiger partial charge in [-0.25, -0.2) is 0 Å². The summed E-state index contributed by atoms with van der Waals surface area (Å²) in [5.41, 5.74) is 9.67. The van der Waals surface area contributed by atoms with E-state index in [1.165, 1.54) is 32.7 Å². The molecule has 9 aromatic rings. The molecule has 1 aromatic heterocycles. The average Bonchev–Trinajstić information content (AvgIpc) is 3.47. The topological polar surface area (TPSA) is 16.4 Å². The van der Waals surface area contributed by atoms with E-state index in [0.29, 0.717) is 0 Å². The van der Waals surface area contributed by atoms with E-state index in [2.05, 4.69) is 181 Å². The largest absolute Gasteiger partial charge is 0.456 e. The van der Waals surface area contributed by atoms with E-state index >= 15 is 0 Å². The molecule has 8 aromatic carbocycles. The van der Waals surface area contributed by atoms with Gasteiger partial charge in [0.1, 0.15) is 11.2 Å². The predicted octanol–water partition coefficient (Wildman–Crippen LogP) is 12.7. The number of rotatable bonds is 5. The minimum absolute atomic E-state index is 0.867. The van der Waals surface area contributed by atoms with Crippen LogP contribution >= 0.6 is 0 Å². The van der Waals surface area contributed by atoms with Gasteiger partial charge < -0.3 is 9.32 Å². The van der Waals surface area contributed by atoms with Gasteiger partial charge in [0, 0.05) is 33.8 Å². The van der Waals surface area contributed by atoms with Crippen LogP contribution in [0.2, 0.25) is 0 Å². The van der Waals surface area contributed by atoms with Crippen molar-refractivity contribution in [1.82, 2.24) is 0 Å². The zero-order valence-electron chi connectivity index (χ0n) is 25.1. The zero-order chi connectivity index (χ0) is 30.5. The van der Waals surface area contributed by atoms with Crippen LogP contribution in [0.25, 0.3) is 65.7 Å². The summed E-state index contributed by atoms with van der Waals surface area (Å²) in [5.74, 6) is 0. The van der Waals surface area contributed by atoms with Gasteiger partial charge in [0.25, 0.3) is 0 Å². The van der Waals surface area contributed by atoms with Gasteiger partial charge in [0.05, 0.1) is 5.69 Å². The number of hydrogen-bond donors (Lipinski definition) is 0. The van der Waals surface area contributed by atoms with Crippen LogP contribution in [0.1, 0.15) is 0 Å². The van der Waals surface area contributed by atoms with Crippen molar-refractivity contribution in [2.45, 2.75) is 0 Å². The Morgan fingerprint density at radius 1 is 0.348 bits per heavy atom. The lowest BCUT2D eigenvalue weighted by Gasteiger charge is -2.28. The predicted molar refractivity (Wildman–Crippen MR) is 194 cm³/mol. The molecule has 0 aliphatic carbocycles. The maximum atomic E-state index is 6.63. The van der Waals surface area contributed by atoms with Gasteiger partial charge in [-0.3, -0.25) is 0 Å². The molecule has 0 aliphatic rings. The number of furan rings is 1. The van der Waals surface area contributed by atoms with E-state index < -0.39 is 0 Å². The molecule has 0 saturated carbocycles. The molecule has 2 heteroatoms. The maximum Gasteiger partial charge on any atom is 0.137 e. The molecule has 0 bridgehead atoms. The molecule has 216 valence electrons. The highest BCUT2D eigenvalue weighted by Gasteiger charge is 2.21. The first kappa shape index (κ1) is 26.3. The Kier molecular flexibility index (Phi) is 6.17. The van der Waals surface area contributed by atoms with Gasteiger partial charge in [0.15, 0.2) is 0 Å². The van der Waals surface area contributed by atoms with E-state index in [-0.39, 0.29) is 0 Å². The molecule has 0 unspecified atom stereocenters. The second-order valence-electron chi connectivity index (χ2n) is 11.8. The summed E-state index contributed by atoms with van der Waals surface area (Å²) in [5, 5.41) is 7.04.